The Morgan fingerprint density at radius 1 is 1.14 bits per heavy atom. The third-order valence-electron chi connectivity index (χ3n) is 4.01. The number of nitrogens with one attached hydrogen (secondary N) is 2. The number of anilines is 1. The molecule has 2 atom stereocenters. The van der Waals surface area contributed by atoms with E-state index in [0.717, 1.165) is 29.7 Å². The van der Waals surface area contributed by atoms with Gasteiger partial charge in [-0.25, -0.2) is 8.42 Å². The Bertz CT molecular complexity index is 876. The van der Waals surface area contributed by atoms with Gasteiger partial charge in [-0.15, -0.1) is 0 Å². The Morgan fingerprint density at radius 3 is 2.43 bits per heavy atom. The molecule has 0 saturated carbocycles. The van der Waals surface area contributed by atoms with Gasteiger partial charge in [0.05, 0.1) is 29.9 Å². The molecule has 0 aliphatic carbocycles. The summed E-state index contributed by atoms with van der Waals surface area (Å²) in [6.45, 7) is 1.53. The normalized spacial score (nSPS) is 13.8. The van der Waals surface area contributed by atoms with Crippen LogP contribution in [-0.2, 0) is 16.4 Å². The fraction of sp³-hybridized carbons (Fsp3) is 0.368. The molecule has 0 bridgehead atoms. The smallest absolute Gasteiger partial charge is 0.229 e. The molecule has 28 heavy (non-hydrogen) atoms. The first kappa shape index (κ1) is 22.8. The third-order valence-corrected chi connectivity index (χ3v) is 5.35. The molecule has 2 rings (SSSR count). The van der Waals surface area contributed by atoms with Crippen LogP contribution in [0, 0.1) is 0 Å². The zero-order valence-corrected chi connectivity index (χ0v) is 18.1. The number of hydrogen-bond donors (Lipinski definition) is 3. The molecule has 0 amide bonds. The maximum atomic E-state index is 11.2. The fourth-order valence-corrected chi connectivity index (χ4v) is 3.53. The van der Waals surface area contributed by atoms with E-state index in [9.17, 15) is 13.5 Å². The standard InChI is InChI=1S/C19H24Cl2N2O4S/c1-23(10-9-14-3-8-18(20)19(21)11-14)12-16(24)13-27-17-6-4-15(5-7-17)22-28(2,25)26/h3-8,11,16,22,24H,9-10,12-13H2,1-2H3/p+1. The van der Waals surface area contributed by atoms with Gasteiger partial charge in [0.2, 0.25) is 10.0 Å². The van der Waals surface area contributed by atoms with Crippen LogP contribution in [0.5, 0.6) is 5.75 Å². The Balaban J connectivity index is 1.73. The summed E-state index contributed by atoms with van der Waals surface area (Å²) in [5.41, 5.74) is 1.56. The molecule has 154 valence electrons. The van der Waals surface area contributed by atoms with Crippen molar-refractivity contribution >= 4 is 38.9 Å². The van der Waals surface area contributed by atoms with Crippen molar-refractivity contribution in [2.75, 3.05) is 37.7 Å². The fourth-order valence-electron chi connectivity index (χ4n) is 2.64. The van der Waals surface area contributed by atoms with Gasteiger partial charge in [0.25, 0.3) is 0 Å². The lowest BCUT2D eigenvalue weighted by atomic mass is 10.1. The van der Waals surface area contributed by atoms with Crippen molar-refractivity contribution in [3.8, 4) is 5.75 Å². The van der Waals surface area contributed by atoms with Crippen LogP contribution in [0.3, 0.4) is 0 Å². The van der Waals surface area contributed by atoms with Crippen LogP contribution in [-0.4, -0.2) is 52.6 Å². The number of aliphatic hydroxyl groups is 1. The molecule has 0 aliphatic rings. The zero-order chi connectivity index (χ0) is 20.7. The van der Waals surface area contributed by atoms with Gasteiger partial charge in [0.15, 0.2) is 0 Å². The topological polar surface area (TPSA) is 80.1 Å². The molecule has 0 fully saturated rings. The van der Waals surface area contributed by atoms with Crippen LogP contribution in [0.2, 0.25) is 10.0 Å². The predicted molar refractivity (Wildman–Crippen MR) is 113 cm³/mol. The van der Waals surface area contributed by atoms with E-state index >= 15 is 0 Å². The first-order valence-corrected chi connectivity index (χ1v) is 11.4. The zero-order valence-electron chi connectivity index (χ0n) is 15.8. The van der Waals surface area contributed by atoms with Crippen molar-refractivity contribution in [3.63, 3.8) is 0 Å². The molecule has 0 spiro atoms. The highest BCUT2D eigenvalue weighted by Crippen LogP contribution is 2.22. The van der Waals surface area contributed by atoms with E-state index in [-0.39, 0.29) is 6.61 Å². The van der Waals surface area contributed by atoms with Gasteiger partial charge in [-0.2, -0.15) is 0 Å². The van der Waals surface area contributed by atoms with E-state index in [1.165, 1.54) is 0 Å². The first-order valence-electron chi connectivity index (χ1n) is 8.76. The maximum Gasteiger partial charge on any atom is 0.229 e. The highest BCUT2D eigenvalue weighted by atomic mass is 35.5. The molecular formula is C19H25Cl2N2O4S+. The van der Waals surface area contributed by atoms with Gasteiger partial charge in [0.1, 0.15) is 25.0 Å². The van der Waals surface area contributed by atoms with Gasteiger partial charge < -0.3 is 14.7 Å². The summed E-state index contributed by atoms with van der Waals surface area (Å²) in [5, 5.41) is 11.3. The summed E-state index contributed by atoms with van der Waals surface area (Å²) in [6.07, 6.45) is 1.29. The molecule has 2 aromatic rings. The number of benzene rings is 2. The van der Waals surface area contributed by atoms with Crippen LogP contribution in [0.25, 0.3) is 0 Å². The van der Waals surface area contributed by atoms with E-state index in [1.807, 2.05) is 19.2 Å². The molecule has 2 aromatic carbocycles. The predicted octanol–water partition coefficient (Wildman–Crippen LogP) is 1.86. The van der Waals surface area contributed by atoms with E-state index in [2.05, 4.69) is 4.72 Å². The van der Waals surface area contributed by atoms with Crippen molar-refractivity contribution in [2.45, 2.75) is 12.5 Å². The maximum absolute atomic E-state index is 11.2. The van der Waals surface area contributed by atoms with Crippen molar-refractivity contribution in [3.05, 3.63) is 58.1 Å². The summed E-state index contributed by atoms with van der Waals surface area (Å²) < 4.78 is 30.3. The van der Waals surface area contributed by atoms with Gasteiger partial charge in [-0.05, 0) is 42.0 Å². The third kappa shape index (κ3) is 8.24. The van der Waals surface area contributed by atoms with E-state index in [0.29, 0.717) is 28.0 Å². The van der Waals surface area contributed by atoms with Crippen molar-refractivity contribution in [1.82, 2.24) is 0 Å². The van der Waals surface area contributed by atoms with Crippen molar-refractivity contribution in [1.29, 1.82) is 0 Å². The number of rotatable bonds is 10. The molecule has 2 unspecified atom stereocenters. The molecule has 3 N–H and O–H groups in total. The van der Waals surface area contributed by atoms with Gasteiger partial charge in [-0.1, -0.05) is 29.3 Å². The number of sulfonamides is 1. The molecule has 6 nitrogen and oxygen atoms in total. The number of ether oxygens (including phenoxy) is 1. The number of hydrogen-bond acceptors (Lipinski definition) is 4. The quantitative estimate of drug-likeness (QED) is 0.519. The van der Waals surface area contributed by atoms with Crippen LogP contribution >= 0.6 is 23.2 Å². The lowest BCUT2D eigenvalue weighted by molar-refractivity contribution is -0.882. The monoisotopic (exact) mass is 447 g/mol. The Hall–Kier alpha value is -1.51. The average Bonchev–Trinajstić information content (AvgIpc) is 2.61. The van der Waals surface area contributed by atoms with E-state index in [4.69, 9.17) is 27.9 Å². The SMILES string of the molecule is C[NH+](CCc1ccc(Cl)c(Cl)c1)CC(O)COc1ccc(NS(C)(=O)=O)cc1. The Kier molecular flexibility index (Phi) is 8.39. The van der Waals surface area contributed by atoms with E-state index in [1.54, 1.807) is 30.3 Å². The molecule has 0 heterocycles. The summed E-state index contributed by atoms with van der Waals surface area (Å²) >= 11 is 11.9. The average molecular weight is 448 g/mol. The molecule has 0 saturated heterocycles. The van der Waals surface area contributed by atoms with E-state index < -0.39 is 16.1 Å². The number of quaternary nitrogens is 1. The minimum Gasteiger partial charge on any atom is -0.491 e. The molecule has 0 aromatic heterocycles. The first-order chi connectivity index (χ1) is 13.1. The number of aliphatic hydroxyl groups excluding tert-OH is 1. The largest absolute Gasteiger partial charge is 0.491 e. The summed E-state index contributed by atoms with van der Waals surface area (Å²) in [7, 11) is -1.30. The van der Waals surface area contributed by atoms with Crippen molar-refractivity contribution < 1.29 is 23.2 Å². The van der Waals surface area contributed by atoms with Gasteiger partial charge in [-0.3, -0.25) is 4.72 Å². The molecule has 0 aliphatic heterocycles. The minimum absolute atomic E-state index is 0.156. The Morgan fingerprint density at radius 2 is 1.82 bits per heavy atom. The Labute approximate surface area is 176 Å². The van der Waals surface area contributed by atoms with Gasteiger partial charge in [0, 0.05) is 12.1 Å². The lowest BCUT2D eigenvalue weighted by Crippen LogP contribution is -3.10. The number of likely N-dealkylation sites (N-methyl/N-ethyl adjacent to an activating group) is 1. The van der Waals surface area contributed by atoms with Crippen molar-refractivity contribution in [2.24, 2.45) is 0 Å². The highest BCUT2D eigenvalue weighted by Gasteiger charge is 2.13. The summed E-state index contributed by atoms with van der Waals surface area (Å²) in [5.74, 6) is 0.562. The molecule has 0 radical (unpaired) electrons. The second-order valence-corrected chi connectivity index (χ2v) is 9.34. The lowest BCUT2D eigenvalue weighted by Gasteiger charge is -2.18. The highest BCUT2D eigenvalue weighted by molar-refractivity contribution is 7.92. The van der Waals surface area contributed by atoms with Crippen LogP contribution in [0.4, 0.5) is 5.69 Å². The summed E-state index contributed by atoms with van der Waals surface area (Å²) in [6, 6.07) is 12.1. The minimum atomic E-state index is -3.31. The second kappa shape index (κ2) is 10.3. The second-order valence-electron chi connectivity index (χ2n) is 6.77. The molecular weight excluding hydrogens is 423 g/mol. The summed E-state index contributed by atoms with van der Waals surface area (Å²) in [4.78, 5) is 1.16. The number of halogens is 2. The molecule has 9 heteroatoms. The van der Waals surface area contributed by atoms with Crippen LogP contribution in [0.1, 0.15) is 5.56 Å². The van der Waals surface area contributed by atoms with Crippen LogP contribution < -0.4 is 14.4 Å². The van der Waals surface area contributed by atoms with Gasteiger partial charge >= 0.3 is 0 Å². The van der Waals surface area contributed by atoms with Crippen LogP contribution in [0.15, 0.2) is 42.5 Å².